The van der Waals surface area contributed by atoms with Gasteiger partial charge in [-0.15, -0.1) is 0 Å². The molecule has 2 aromatic heterocycles. The zero-order valence-corrected chi connectivity index (χ0v) is 19.8. The van der Waals surface area contributed by atoms with Gasteiger partial charge in [0.05, 0.1) is 5.69 Å². The van der Waals surface area contributed by atoms with E-state index in [1.165, 1.54) is 32.8 Å². The molecule has 0 amide bonds. The predicted molar refractivity (Wildman–Crippen MR) is 143 cm³/mol. The number of hydrogen-bond acceptors (Lipinski definition) is 2. The van der Waals surface area contributed by atoms with Crippen LogP contribution in [0.3, 0.4) is 0 Å². The largest absolute Gasteiger partial charge is 0.456 e. The number of rotatable bonds is 3. The molecule has 0 unspecified atom stereocenters. The fourth-order valence-electron chi connectivity index (χ4n) is 5.01. The smallest absolute Gasteiger partial charge is 0.136 e. The first-order chi connectivity index (χ1) is 16.5. The number of aromatic nitrogens is 1. The Morgan fingerprint density at radius 1 is 0.676 bits per heavy atom. The molecule has 34 heavy (non-hydrogen) atoms. The maximum absolute atomic E-state index is 6.10. The van der Waals surface area contributed by atoms with Crippen LogP contribution in [0.25, 0.3) is 55.1 Å². The number of furan rings is 1. The van der Waals surface area contributed by atoms with Crippen molar-refractivity contribution in [2.45, 2.75) is 27.2 Å². The normalized spacial score (nSPS) is 12.1. The fourth-order valence-corrected chi connectivity index (χ4v) is 5.01. The number of pyridine rings is 1. The van der Waals surface area contributed by atoms with Crippen LogP contribution in [0.1, 0.15) is 26.3 Å². The van der Waals surface area contributed by atoms with Gasteiger partial charge in [0, 0.05) is 22.5 Å². The SMILES string of the molecule is CC(C)(C)Cc1ccnc(-c2ccc(-c3cccc4c3ccc3oc5ccccc5c34)cc2)c1. The first-order valence-electron chi connectivity index (χ1n) is 11.8. The summed E-state index contributed by atoms with van der Waals surface area (Å²) >= 11 is 0. The summed E-state index contributed by atoms with van der Waals surface area (Å²) in [5, 5.41) is 4.81. The highest BCUT2D eigenvalue weighted by molar-refractivity contribution is 6.20. The van der Waals surface area contributed by atoms with Gasteiger partial charge in [-0.3, -0.25) is 4.98 Å². The number of nitrogens with zero attached hydrogens (tertiary/aromatic N) is 1. The monoisotopic (exact) mass is 441 g/mol. The second-order valence-electron chi connectivity index (χ2n) is 10.3. The molecule has 6 aromatic rings. The first kappa shape index (κ1) is 20.7. The number of hydrogen-bond donors (Lipinski definition) is 0. The van der Waals surface area contributed by atoms with Gasteiger partial charge in [-0.05, 0) is 63.6 Å². The van der Waals surface area contributed by atoms with E-state index in [-0.39, 0.29) is 5.41 Å². The molecule has 4 aromatic carbocycles. The summed E-state index contributed by atoms with van der Waals surface area (Å²) in [5.74, 6) is 0. The summed E-state index contributed by atoms with van der Waals surface area (Å²) in [5.41, 5.74) is 8.04. The van der Waals surface area contributed by atoms with Crippen LogP contribution in [0.5, 0.6) is 0 Å². The number of benzene rings is 4. The zero-order valence-electron chi connectivity index (χ0n) is 19.8. The lowest BCUT2D eigenvalue weighted by atomic mass is 9.88. The minimum atomic E-state index is 0.253. The minimum absolute atomic E-state index is 0.253. The van der Waals surface area contributed by atoms with Crippen molar-refractivity contribution in [1.29, 1.82) is 0 Å². The highest BCUT2D eigenvalue weighted by Gasteiger charge is 2.14. The van der Waals surface area contributed by atoms with Gasteiger partial charge in [0.2, 0.25) is 0 Å². The van der Waals surface area contributed by atoms with Crippen molar-refractivity contribution >= 4 is 32.7 Å². The molecule has 0 fully saturated rings. The van der Waals surface area contributed by atoms with E-state index in [1.807, 2.05) is 18.3 Å². The molecule has 0 bridgehead atoms. The summed E-state index contributed by atoms with van der Waals surface area (Å²) in [6.45, 7) is 6.81. The molecule has 0 saturated carbocycles. The second-order valence-corrected chi connectivity index (χ2v) is 10.3. The molecule has 0 atom stereocenters. The van der Waals surface area contributed by atoms with Crippen molar-refractivity contribution in [2.24, 2.45) is 5.41 Å². The van der Waals surface area contributed by atoms with Gasteiger partial charge >= 0.3 is 0 Å². The average molecular weight is 442 g/mol. The van der Waals surface area contributed by atoms with Crippen LogP contribution in [0.2, 0.25) is 0 Å². The number of fused-ring (bicyclic) bond motifs is 5. The second kappa shape index (κ2) is 7.85. The topological polar surface area (TPSA) is 26.0 Å². The van der Waals surface area contributed by atoms with Gasteiger partial charge in [-0.25, -0.2) is 0 Å². The molecular weight excluding hydrogens is 414 g/mol. The van der Waals surface area contributed by atoms with Gasteiger partial charge in [0.25, 0.3) is 0 Å². The first-order valence-corrected chi connectivity index (χ1v) is 11.8. The molecule has 0 radical (unpaired) electrons. The zero-order chi connectivity index (χ0) is 23.3. The van der Waals surface area contributed by atoms with E-state index in [0.717, 1.165) is 34.2 Å². The lowest BCUT2D eigenvalue weighted by Crippen LogP contribution is -2.09. The van der Waals surface area contributed by atoms with E-state index < -0.39 is 0 Å². The summed E-state index contributed by atoms with van der Waals surface area (Å²) in [6.07, 6.45) is 2.96. The third-order valence-electron chi connectivity index (χ3n) is 6.45. The van der Waals surface area contributed by atoms with Crippen LogP contribution in [0.4, 0.5) is 0 Å². The molecule has 0 aliphatic heterocycles. The lowest BCUT2D eigenvalue weighted by molar-refractivity contribution is 0.411. The molecular formula is C32H27NO. The van der Waals surface area contributed by atoms with Crippen LogP contribution in [-0.2, 0) is 6.42 Å². The molecule has 166 valence electrons. The summed E-state index contributed by atoms with van der Waals surface area (Å²) in [6, 6.07) is 32.2. The van der Waals surface area contributed by atoms with Crippen LogP contribution in [0.15, 0.2) is 102 Å². The molecule has 0 N–H and O–H groups in total. The van der Waals surface area contributed by atoms with Crippen LogP contribution >= 0.6 is 0 Å². The molecule has 0 aliphatic carbocycles. The third kappa shape index (κ3) is 3.66. The number of para-hydroxylation sites is 1. The van der Waals surface area contributed by atoms with E-state index in [0.29, 0.717) is 0 Å². The Kier molecular flexibility index (Phi) is 4.77. The Morgan fingerprint density at radius 2 is 1.44 bits per heavy atom. The Hall–Kier alpha value is -3.91. The van der Waals surface area contributed by atoms with Gasteiger partial charge in [0.1, 0.15) is 11.2 Å². The van der Waals surface area contributed by atoms with E-state index in [1.54, 1.807) is 0 Å². The molecule has 2 heteroatoms. The lowest BCUT2D eigenvalue weighted by Gasteiger charge is -2.18. The van der Waals surface area contributed by atoms with Crippen molar-refractivity contribution in [3.8, 4) is 22.4 Å². The average Bonchev–Trinajstić information content (AvgIpc) is 3.22. The highest BCUT2D eigenvalue weighted by Crippen LogP contribution is 2.38. The van der Waals surface area contributed by atoms with Crippen molar-refractivity contribution in [3.05, 3.63) is 103 Å². The van der Waals surface area contributed by atoms with E-state index in [4.69, 9.17) is 4.42 Å². The Morgan fingerprint density at radius 3 is 2.26 bits per heavy atom. The molecule has 6 rings (SSSR count). The maximum atomic E-state index is 6.10. The summed E-state index contributed by atoms with van der Waals surface area (Å²) < 4.78 is 6.10. The van der Waals surface area contributed by atoms with Crippen molar-refractivity contribution in [2.75, 3.05) is 0 Å². The van der Waals surface area contributed by atoms with Crippen LogP contribution < -0.4 is 0 Å². The summed E-state index contributed by atoms with van der Waals surface area (Å²) in [7, 11) is 0. The Bertz CT molecular complexity index is 1650. The molecule has 0 aliphatic rings. The standard InChI is InChI=1S/C32H27NO/c1-32(2,3)20-21-17-18-33-28(19-21)23-13-11-22(12-14-23)24-8-6-9-26-25(24)15-16-30-31(26)27-7-4-5-10-29(27)34-30/h4-19H,20H2,1-3H3. The van der Waals surface area contributed by atoms with E-state index in [2.05, 4.69) is 105 Å². The maximum Gasteiger partial charge on any atom is 0.136 e. The fraction of sp³-hybridized carbons (Fsp3) is 0.156. The van der Waals surface area contributed by atoms with Crippen LogP contribution in [-0.4, -0.2) is 4.98 Å². The third-order valence-corrected chi connectivity index (χ3v) is 6.45. The van der Waals surface area contributed by atoms with Gasteiger partial charge in [0.15, 0.2) is 0 Å². The van der Waals surface area contributed by atoms with Gasteiger partial charge in [-0.2, -0.15) is 0 Å². The van der Waals surface area contributed by atoms with Gasteiger partial charge < -0.3 is 4.42 Å². The molecule has 2 heterocycles. The quantitative estimate of drug-likeness (QED) is 0.274. The van der Waals surface area contributed by atoms with E-state index in [9.17, 15) is 0 Å². The molecule has 0 saturated heterocycles. The minimum Gasteiger partial charge on any atom is -0.456 e. The molecule has 0 spiro atoms. The molecule has 2 nitrogen and oxygen atoms in total. The van der Waals surface area contributed by atoms with Gasteiger partial charge in [-0.1, -0.05) is 87.5 Å². The van der Waals surface area contributed by atoms with E-state index >= 15 is 0 Å². The van der Waals surface area contributed by atoms with Crippen molar-refractivity contribution in [1.82, 2.24) is 4.98 Å². The Labute approximate surface area is 199 Å². The van der Waals surface area contributed by atoms with Crippen LogP contribution in [0, 0.1) is 5.41 Å². The van der Waals surface area contributed by atoms with Crippen molar-refractivity contribution in [3.63, 3.8) is 0 Å². The highest BCUT2D eigenvalue weighted by atomic mass is 16.3. The predicted octanol–water partition coefficient (Wildman–Crippen LogP) is 9.06. The Balaban J connectivity index is 1.42. The summed E-state index contributed by atoms with van der Waals surface area (Å²) in [4.78, 5) is 4.64. The van der Waals surface area contributed by atoms with Crippen molar-refractivity contribution < 1.29 is 4.42 Å².